The van der Waals surface area contributed by atoms with E-state index in [2.05, 4.69) is 123 Å². The fourth-order valence-corrected chi connectivity index (χ4v) is 8.40. The van der Waals surface area contributed by atoms with E-state index >= 15 is 0 Å². The zero-order valence-electron chi connectivity index (χ0n) is 20.0. The van der Waals surface area contributed by atoms with Crippen molar-refractivity contribution in [3.8, 4) is 0 Å². The van der Waals surface area contributed by atoms with E-state index in [1.165, 1.54) is 60.6 Å². The van der Waals surface area contributed by atoms with Gasteiger partial charge in [0.2, 0.25) is 0 Å². The summed E-state index contributed by atoms with van der Waals surface area (Å²) in [7, 11) is 0. The Kier molecular flexibility index (Phi) is 6.60. The van der Waals surface area contributed by atoms with Crippen molar-refractivity contribution < 1.29 is 0 Å². The maximum absolute atomic E-state index is 2.31. The minimum atomic E-state index is 1.24. The molecular formula is C32H24S4. The molecule has 2 aromatic carbocycles. The molecule has 0 atom stereocenters. The summed E-state index contributed by atoms with van der Waals surface area (Å²) < 4.78 is 5.45. The third kappa shape index (κ3) is 5.37. The van der Waals surface area contributed by atoms with Crippen LogP contribution in [0.3, 0.4) is 0 Å². The fraction of sp³-hybridized carbons (Fsp3) is 0.0625. The standard InChI is InChI=1S/C32H24S4/c1-21-3-7-23(8-4-21)11-13-25-17-29-31(33-25)19-27(35-29)15-16-28-20-32-30(36-28)18-26(34-32)14-12-24-9-5-22(2)6-10-24/h3-20H,1-2H3. The highest BCUT2D eigenvalue weighted by molar-refractivity contribution is 7.29. The van der Waals surface area contributed by atoms with Gasteiger partial charge in [-0.15, -0.1) is 45.3 Å². The monoisotopic (exact) mass is 536 g/mol. The Balaban J connectivity index is 1.13. The smallest absolute Gasteiger partial charge is 0.0463 e. The Morgan fingerprint density at radius 3 is 0.972 bits per heavy atom. The topological polar surface area (TPSA) is 0 Å². The quantitative estimate of drug-likeness (QED) is 0.198. The van der Waals surface area contributed by atoms with Crippen molar-refractivity contribution in [2.45, 2.75) is 13.8 Å². The summed E-state index contributed by atoms with van der Waals surface area (Å²) in [6.45, 7) is 4.24. The van der Waals surface area contributed by atoms with Gasteiger partial charge in [0, 0.05) is 38.3 Å². The van der Waals surface area contributed by atoms with Crippen LogP contribution in [-0.4, -0.2) is 0 Å². The largest absolute Gasteiger partial charge is 0.135 e. The lowest BCUT2D eigenvalue weighted by molar-refractivity contribution is 1.46. The molecule has 0 aliphatic rings. The minimum Gasteiger partial charge on any atom is -0.135 e. The van der Waals surface area contributed by atoms with E-state index < -0.39 is 0 Å². The highest BCUT2D eigenvalue weighted by Crippen LogP contribution is 2.37. The maximum atomic E-state index is 2.31. The van der Waals surface area contributed by atoms with Crippen LogP contribution in [-0.2, 0) is 0 Å². The van der Waals surface area contributed by atoms with Crippen molar-refractivity contribution in [2.24, 2.45) is 0 Å². The molecule has 4 heterocycles. The third-order valence-corrected chi connectivity index (χ3v) is 10.4. The third-order valence-electron chi connectivity index (χ3n) is 5.94. The van der Waals surface area contributed by atoms with E-state index in [1.807, 2.05) is 45.3 Å². The SMILES string of the molecule is Cc1ccc(C=Cc2cc3sc(C=Cc4cc5sc(C=Cc6ccc(C)cc6)cc5s4)cc3s2)cc1. The Bertz CT molecular complexity index is 1530. The first-order valence-electron chi connectivity index (χ1n) is 11.8. The van der Waals surface area contributed by atoms with Gasteiger partial charge in [-0.1, -0.05) is 71.8 Å². The van der Waals surface area contributed by atoms with E-state index in [1.54, 1.807) is 0 Å². The van der Waals surface area contributed by atoms with Gasteiger partial charge in [-0.2, -0.15) is 0 Å². The molecular weight excluding hydrogens is 513 g/mol. The van der Waals surface area contributed by atoms with Gasteiger partial charge in [-0.3, -0.25) is 0 Å². The number of aryl methyl sites for hydroxylation is 2. The van der Waals surface area contributed by atoms with Crippen LogP contribution < -0.4 is 0 Å². The van der Waals surface area contributed by atoms with E-state index in [9.17, 15) is 0 Å². The van der Waals surface area contributed by atoms with Crippen LogP contribution in [0.4, 0.5) is 0 Å². The van der Waals surface area contributed by atoms with Crippen LogP contribution in [0, 0.1) is 13.8 Å². The summed E-state index contributed by atoms with van der Waals surface area (Å²) in [5, 5.41) is 0. The second-order valence-electron chi connectivity index (χ2n) is 8.87. The molecule has 0 aliphatic carbocycles. The second kappa shape index (κ2) is 10.2. The van der Waals surface area contributed by atoms with Gasteiger partial charge in [-0.05, 0) is 73.5 Å². The van der Waals surface area contributed by atoms with Crippen LogP contribution in [0.25, 0.3) is 55.3 Å². The Morgan fingerprint density at radius 2 is 0.667 bits per heavy atom. The Hall–Kier alpha value is -3.02. The fourth-order valence-electron chi connectivity index (χ4n) is 3.95. The van der Waals surface area contributed by atoms with Gasteiger partial charge in [0.1, 0.15) is 0 Å². The Morgan fingerprint density at radius 1 is 0.389 bits per heavy atom. The first kappa shape index (κ1) is 23.4. The molecule has 0 radical (unpaired) electrons. The molecule has 0 saturated carbocycles. The number of benzene rings is 2. The van der Waals surface area contributed by atoms with Gasteiger partial charge >= 0.3 is 0 Å². The van der Waals surface area contributed by atoms with Crippen molar-refractivity contribution in [2.75, 3.05) is 0 Å². The van der Waals surface area contributed by atoms with Crippen LogP contribution in [0.15, 0.2) is 72.8 Å². The predicted octanol–water partition coefficient (Wildman–Crippen LogP) is 11.4. The highest BCUT2D eigenvalue weighted by Gasteiger charge is 2.06. The number of thiophene rings is 4. The van der Waals surface area contributed by atoms with Crippen molar-refractivity contribution in [1.82, 2.24) is 0 Å². The molecule has 0 amide bonds. The molecule has 6 rings (SSSR count). The molecule has 176 valence electrons. The summed E-state index contributed by atoms with van der Waals surface area (Å²) >= 11 is 7.45. The molecule has 0 bridgehead atoms. The van der Waals surface area contributed by atoms with Gasteiger partial charge < -0.3 is 0 Å². The van der Waals surface area contributed by atoms with E-state index in [0.717, 1.165) is 0 Å². The molecule has 6 aromatic rings. The van der Waals surface area contributed by atoms with E-state index in [0.29, 0.717) is 0 Å². The zero-order chi connectivity index (χ0) is 24.5. The van der Waals surface area contributed by atoms with E-state index in [-0.39, 0.29) is 0 Å². The first-order chi connectivity index (χ1) is 17.6. The van der Waals surface area contributed by atoms with Crippen molar-refractivity contribution >= 4 is 101 Å². The zero-order valence-corrected chi connectivity index (χ0v) is 23.3. The lowest BCUT2D eigenvalue weighted by atomic mass is 10.1. The van der Waals surface area contributed by atoms with E-state index in [4.69, 9.17) is 0 Å². The van der Waals surface area contributed by atoms with Gasteiger partial charge in [0.25, 0.3) is 0 Å². The summed E-state index contributed by atoms with van der Waals surface area (Å²) in [6.07, 6.45) is 13.4. The molecule has 0 fully saturated rings. The number of rotatable bonds is 6. The average Bonchev–Trinajstić information content (AvgIpc) is 3.61. The van der Waals surface area contributed by atoms with Crippen LogP contribution >= 0.6 is 45.3 Å². The summed E-state index contributed by atoms with van der Waals surface area (Å²) in [5.74, 6) is 0. The lowest BCUT2D eigenvalue weighted by Gasteiger charge is -1.93. The summed E-state index contributed by atoms with van der Waals surface area (Å²) in [4.78, 5) is 5.23. The average molecular weight is 537 g/mol. The summed E-state index contributed by atoms with van der Waals surface area (Å²) in [6, 6.07) is 26.5. The van der Waals surface area contributed by atoms with Crippen LogP contribution in [0.5, 0.6) is 0 Å². The molecule has 36 heavy (non-hydrogen) atoms. The van der Waals surface area contributed by atoms with Crippen molar-refractivity contribution in [1.29, 1.82) is 0 Å². The molecule has 4 aromatic heterocycles. The van der Waals surface area contributed by atoms with Gasteiger partial charge in [0.05, 0.1) is 0 Å². The van der Waals surface area contributed by atoms with Crippen LogP contribution in [0.1, 0.15) is 41.8 Å². The number of fused-ring (bicyclic) bond motifs is 2. The number of hydrogen-bond acceptors (Lipinski definition) is 4. The number of hydrogen-bond donors (Lipinski definition) is 0. The maximum Gasteiger partial charge on any atom is 0.0463 e. The minimum absolute atomic E-state index is 1.24. The van der Waals surface area contributed by atoms with Crippen molar-refractivity contribution in [3.63, 3.8) is 0 Å². The van der Waals surface area contributed by atoms with Crippen molar-refractivity contribution in [3.05, 3.63) is 115 Å². The highest BCUT2D eigenvalue weighted by atomic mass is 32.1. The predicted molar refractivity (Wildman–Crippen MR) is 169 cm³/mol. The lowest BCUT2D eigenvalue weighted by Crippen LogP contribution is -1.72. The molecule has 0 spiro atoms. The first-order valence-corrected chi connectivity index (χ1v) is 15.1. The Labute approximate surface area is 227 Å². The molecule has 0 nitrogen and oxygen atoms in total. The molecule has 0 saturated heterocycles. The molecule has 0 aliphatic heterocycles. The normalized spacial score (nSPS) is 12.4. The van der Waals surface area contributed by atoms with Gasteiger partial charge in [0.15, 0.2) is 0 Å². The second-order valence-corrected chi connectivity index (χ2v) is 13.3. The van der Waals surface area contributed by atoms with Gasteiger partial charge in [-0.25, -0.2) is 0 Å². The molecule has 0 N–H and O–H groups in total. The molecule has 0 unspecified atom stereocenters. The van der Waals surface area contributed by atoms with Crippen LogP contribution in [0.2, 0.25) is 0 Å². The molecule has 4 heteroatoms. The summed E-state index contributed by atoms with van der Waals surface area (Å²) in [5.41, 5.74) is 5.07.